The standard InChI is InChI=1S/C7H12N2.C4H4O.CH2O2/c1-2-3-4-7-8-5-6-9-7;1-2-4-5-3-1;2-1-3/h5-6H,2-4H2,1H3,(H,8,9);1-4H;1H,(H,2,3). The molecule has 2 N–H and O–H groups in total. The normalized spacial score (nSPS) is 8.29. The molecule has 2 heterocycles. The number of carboxylic acid groups (broad SMARTS) is 1. The van der Waals surface area contributed by atoms with E-state index in [4.69, 9.17) is 9.90 Å². The summed E-state index contributed by atoms with van der Waals surface area (Å²) >= 11 is 0. The van der Waals surface area contributed by atoms with Crippen LogP contribution in [0.3, 0.4) is 0 Å². The fourth-order valence-corrected chi connectivity index (χ4v) is 1.01. The maximum atomic E-state index is 8.36. The zero-order chi connectivity index (χ0) is 12.8. The van der Waals surface area contributed by atoms with Crippen molar-refractivity contribution in [3.05, 3.63) is 42.9 Å². The third kappa shape index (κ3) is 10.2. The topological polar surface area (TPSA) is 79.1 Å². The van der Waals surface area contributed by atoms with E-state index in [9.17, 15) is 0 Å². The monoisotopic (exact) mass is 238 g/mol. The number of aryl methyl sites for hydroxylation is 1. The van der Waals surface area contributed by atoms with Gasteiger partial charge < -0.3 is 14.5 Å². The van der Waals surface area contributed by atoms with E-state index >= 15 is 0 Å². The van der Waals surface area contributed by atoms with Crippen LogP contribution in [0.25, 0.3) is 0 Å². The maximum Gasteiger partial charge on any atom is 0.290 e. The second-order valence-corrected chi connectivity index (χ2v) is 3.04. The van der Waals surface area contributed by atoms with Gasteiger partial charge in [-0.05, 0) is 18.6 Å². The number of H-pyrrole nitrogens is 1. The second-order valence-electron chi connectivity index (χ2n) is 3.04. The molecule has 17 heavy (non-hydrogen) atoms. The van der Waals surface area contributed by atoms with Gasteiger partial charge >= 0.3 is 0 Å². The van der Waals surface area contributed by atoms with Crippen LogP contribution < -0.4 is 0 Å². The number of imidazole rings is 1. The van der Waals surface area contributed by atoms with Crippen molar-refractivity contribution in [1.82, 2.24) is 9.97 Å². The number of aromatic amines is 1. The van der Waals surface area contributed by atoms with E-state index in [1.54, 1.807) is 18.7 Å². The van der Waals surface area contributed by atoms with Crippen molar-refractivity contribution in [3.63, 3.8) is 0 Å². The van der Waals surface area contributed by atoms with Gasteiger partial charge in [0.15, 0.2) is 0 Å². The van der Waals surface area contributed by atoms with Gasteiger partial charge in [0.2, 0.25) is 0 Å². The number of hydrogen-bond donors (Lipinski definition) is 2. The third-order valence-electron chi connectivity index (χ3n) is 1.75. The number of aromatic nitrogens is 2. The van der Waals surface area contributed by atoms with Gasteiger partial charge in [0.25, 0.3) is 6.47 Å². The fourth-order valence-electron chi connectivity index (χ4n) is 1.01. The zero-order valence-electron chi connectivity index (χ0n) is 9.87. The van der Waals surface area contributed by atoms with Gasteiger partial charge in [0.1, 0.15) is 5.82 Å². The van der Waals surface area contributed by atoms with Crippen molar-refractivity contribution in [2.75, 3.05) is 0 Å². The smallest absolute Gasteiger partial charge is 0.290 e. The van der Waals surface area contributed by atoms with Gasteiger partial charge in [0, 0.05) is 18.8 Å². The molecule has 0 amide bonds. The molecule has 0 aliphatic rings. The van der Waals surface area contributed by atoms with Crippen LogP contribution in [-0.4, -0.2) is 21.5 Å². The van der Waals surface area contributed by atoms with E-state index in [2.05, 4.69) is 21.3 Å². The minimum Gasteiger partial charge on any atom is -0.483 e. The second kappa shape index (κ2) is 12.0. The molecule has 94 valence electrons. The lowest BCUT2D eigenvalue weighted by Gasteiger charge is -1.90. The van der Waals surface area contributed by atoms with Crippen LogP contribution in [0.2, 0.25) is 0 Å². The Balaban J connectivity index is 0.000000270. The highest BCUT2D eigenvalue weighted by molar-refractivity contribution is 5.32. The molecule has 0 radical (unpaired) electrons. The van der Waals surface area contributed by atoms with Crippen molar-refractivity contribution in [2.24, 2.45) is 0 Å². The van der Waals surface area contributed by atoms with E-state index in [1.807, 2.05) is 18.3 Å². The highest BCUT2D eigenvalue weighted by Crippen LogP contribution is 1.96. The van der Waals surface area contributed by atoms with Crippen LogP contribution >= 0.6 is 0 Å². The summed E-state index contributed by atoms with van der Waals surface area (Å²) in [5.41, 5.74) is 0. The molecule has 5 heteroatoms. The minimum atomic E-state index is -0.250. The largest absolute Gasteiger partial charge is 0.483 e. The predicted octanol–water partition coefficient (Wildman–Crippen LogP) is 2.73. The number of rotatable bonds is 3. The number of nitrogens with one attached hydrogen (secondary N) is 1. The van der Waals surface area contributed by atoms with Gasteiger partial charge in [-0.15, -0.1) is 0 Å². The average molecular weight is 238 g/mol. The Morgan fingerprint density at radius 2 is 2.12 bits per heavy atom. The first kappa shape index (κ1) is 15.0. The Morgan fingerprint density at radius 3 is 2.47 bits per heavy atom. The van der Waals surface area contributed by atoms with Gasteiger partial charge in [-0.25, -0.2) is 4.98 Å². The molecule has 2 aromatic heterocycles. The summed E-state index contributed by atoms with van der Waals surface area (Å²) in [5.74, 6) is 1.11. The maximum absolute atomic E-state index is 8.36. The molecule has 0 aromatic carbocycles. The molecule has 0 atom stereocenters. The molecule has 0 saturated heterocycles. The van der Waals surface area contributed by atoms with Crippen molar-refractivity contribution in [2.45, 2.75) is 26.2 Å². The molecular formula is C12H18N2O3. The third-order valence-corrected chi connectivity index (χ3v) is 1.75. The molecule has 0 aliphatic heterocycles. The van der Waals surface area contributed by atoms with E-state index in [1.165, 1.54) is 12.8 Å². The first-order chi connectivity index (χ1) is 8.35. The van der Waals surface area contributed by atoms with Crippen LogP contribution in [0.5, 0.6) is 0 Å². The summed E-state index contributed by atoms with van der Waals surface area (Å²) in [5, 5.41) is 6.89. The van der Waals surface area contributed by atoms with Crippen LogP contribution in [-0.2, 0) is 11.2 Å². The number of unbranched alkanes of at least 4 members (excludes halogenated alkanes) is 1. The Morgan fingerprint density at radius 1 is 1.47 bits per heavy atom. The lowest BCUT2D eigenvalue weighted by Crippen LogP contribution is -1.85. The average Bonchev–Trinajstić information content (AvgIpc) is 3.03. The van der Waals surface area contributed by atoms with Crippen LogP contribution in [0.15, 0.2) is 41.5 Å². The number of hydrogen-bond acceptors (Lipinski definition) is 3. The van der Waals surface area contributed by atoms with Crippen LogP contribution in [0, 0.1) is 0 Å². The number of carbonyl (C=O) groups is 1. The Bertz CT molecular complexity index is 313. The highest BCUT2D eigenvalue weighted by Gasteiger charge is 1.90. The first-order valence-electron chi connectivity index (χ1n) is 5.38. The molecule has 0 spiro atoms. The molecule has 5 nitrogen and oxygen atoms in total. The Labute approximate surface area is 101 Å². The molecule has 0 fully saturated rings. The van der Waals surface area contributed by atoms with E-state index in [0.717, 1.165) is 12.2 Å². The van der Waals surface area contributed by atoms with Crippen LogP contribution in [0.4, 0.5) is 0 Å². The van der Waals surface area contributed by atoms with E-state index < -0.39 is 0 Å². The van der Waals surface area contributed by atoms with Crippen molar-refractivity contribution in [3.8, 4) is 0 Å². The Hall–Kier alpha value is -2.04. The van der Waals surface area contributed by atoms with Gasteiger partial charge in [0.05, 0.1) is 12.5 Å². The predicted molar refractivity (Wildman–Crippen MR) is 64.6 cm³/mol. The highest BCUT2D eigenvalue weighted by atomic mass is 16.3. The molecular weight excluding hydrogens is 220 g/mol. The summed E-state index contributed by atoms with van der Waals surface area (Å²) in [6, 6.07) is 3.67. The minimum absolute atomic E-state index is 0.250. The van der Waals surface area contributed by atoms with Crippen molar-refractivity contribution < 1.29 is 14.3 Å². The van der Waals surface area contributed by atoms with Gasteiger partial charge in [-0.3, -0.25) is 4.79 Å². The molecule has 2 aromatic rings. The SMILES string of the molecule is CCCCc1ncc[nH]1.O=CO.c1ccoc1. The summed E-state index contributed by atoms with van der Waals surface area (Å²) in [6.07, 6.45) is 10.5. The summed E-state index contributed by atoms with van der Waals surface area (Å²) in [6.45, 7) is 1.93. The Kier molecular flexibility index (Phi) is 10.6. The number of nitrogens with zero attached hydrogens (tertiary/aromatic N) is 1. The van der Waals surface area contributed by atoms with Gasteiger partial charge in [-0.2, -0.15) is 0 Å². The lowest BCUT2D eigenvalue weighted by atomic mass is 10.2. The molecule has 0 unspecified atom stereocenters. The summed E-state index contributed by atoms with van der Waals surface area (Å²) < 4.78 is 4.58. The van der Waals surface area contributed by atoms with E-state index in [0.29, 0.717) is 0 Å². The zero-order valence-corrected chi connectivity index (χ0v) is 9.87. The first-order valence-corrected chi connectivity index (χ1v) is 5.38. The summed E-state index contributed by atoms with van der Waals surface area (Å²) in [4.78, 5) is 15.5. The summed E-state index contributed by atoms with van der Waals surface area (Å²) in [7, 11) is 0. The quantitative estimate of drug-likeness (QED) is 0.806. The van der Waals surface area contributed by atoms with Crippen molar-refractivity contribution in [1.29, 1.82) is 0 Å². The molecule has 0 saturated carbocycles. The molecule has 2 rings (SSSR count). The van der Waals surface area contributed by atoms with Gasteiger partial charge in [-0.1, -0.05) is 13.3 Å². The molecule has 0 aliphatic carbocycles. The lowest BCUT2D eigenvalue weighted by molar-refractivity contribution is -0.122. The number of furan rings is 1. The van der Waals surface area contributed by atoms with Crippen LogP contribution in [0.1, 0.15) is 25.6 Å². The van der Waals surface area contributed by atoms with E-state index in [-0.39, 0.29) is 6.47 Å². The molecule has 0 bridgehead atoms. The van der Waals surface area contributed by atoms with Crippen molar-refractivity contribution >= 4 is 6.47 Å². The fraction of sp³-hybridized carbons (Fsp3) is 0.333.